The maximum atomic E-state index is 13.2. The predicted octanol–water partition coefficient (Wildman–Crippen LogP) is 2.42. The summed E-state index contributed by atoms with van der Waals surface area (Å²) in [5.74, 6) is 0.0328. The van der Waals surface area contributed by atoms with Crippen molar-refractivity contribution in [3.63, 3.8) is 0 Å². The van der Waals surface area contributed by atoms with Crippen LogP contribution in [0.15, 0.2) is 24.3 Å². The lowest BCUT2D eigenvalue weighted by Gasteiger charge is -2.36. The molecular weight excluding hydrogens is 350 g/mol. The van der Waals surface area contributed by atoms with Gasteiger partial charge in [0, 0.05) is 37.1 Å². The largest absolute Gasteiger partial charge is 0.340 e. The Morgan fingerprint density at radius 2 is 2.04 bits per heavy atom. The fourth-order valence-corrected chi connectivity index (χ4v) is 4.29. The summed E-state index contributed by atoms with van der Waals surface area (Å²) in [5.41, 5.74) is 2.91. The molecule has 1 saturated heterocycles. The number of carbonyl (C=O) groups is 1. The average molecular weight is 378 g/mol. The highest BCUT2D eigenvalue weighted by molar-refractivity contribution is 7.88. The number of hydrogen-bond acceptors (Lipinski definition) is 3. The van der Waals surface area contributed by atoms with Crippen molar-refractivity contribution in [2.45, 2.75) is 38.6 Å². The summed E-state index contributed by atoms with van der Waals surface area (Å²) in [7, 11) is -1.27. The number of sulfonamides is 1. The summed E-state index contributed by atoms with van der Waals surface area (Å²) in [6.45, 7) is 3.13. The van der Waals surface area contributed by atoms with Crippen LogP contribution >= 0.6 is 0 Å². The van der Waals surface area contributed by atoms with E-state index >= 15 is 0 Å². The molecule has 1 aliphatic heterocycles. The van der Waals surface area contributed by atoms with Gasteiger partial charge in [-0.3, -0.25) is 4.79 Å². The molecule has 7 heteroatoms. The number of aryl methyl sites for hydroxylation is 2. The van der Waals surface area contributed by atoms with Gasteiger partial charge in [0.05, 0.1) is 6.26 Å². The number of nitrogens with zero attached hydrogens (tertiary/aromatic N) is 2. The fraction of sp³-hybridized carbons (Fsp3) is 0.526. The van der Waals surface area contributed by atoms with Gasteiger partial charge >= 0.3 is 0 Å². The Morgan fingerprint density at radius 1 is 1.27 bits per heavy atom. The number of rotatable bonds is 5. The maximum Gasteiger partial charge on any atom is 0.270 e. The smallest absolute Gasteiger partial charge is 0.270 e. The van der Waals surface area contributed by atoms with Gasteiger partial charge in [-0.05, 0) is 50.8 Å². The molecule has 0 bridgehead atoms. The highest BCUT2D eigenvalue weighted by atomic mass is 32.2. The van der Waals surface area contributed by atoms with Crippen molar-refractivity contribution in [2.24, 2.45) is 7.05 Å². The first-order valence-electron chi connectivity index (χ1n) is 9.08. The van der Waals surface area contributed by atoms with E-state index in [4.69, 9.17) is 0 Å². The van der Waals surface area contributed by atoms with Crippen LogP contribution in [0.5, 0.6) is 0 Å². The minimum absolute atomic E-state index is 0.0328. The van der Waals surface area contributed by atoms with Crippen molar-refractivity contribution in [2.75, 3.05) is 19.3 Å². The second-order valence-corrected chi connectivity index (χ2v) is 9.09. The number of benzene rings is 1. The molecule has 0 unspecified atom stereocenters. The molecule has 0 saturated carbocycles. The number of amides is 1. The number of hydrogen-bond donors (Lipinski definition) is 1. The van der Waals surface area contributed by atoms with E-state index in [1.807, 2.05) is 35.6 Å². The lowest BCUT2D eigenvalue weighted by atomic mass is 9.99. The van der Waals surface area contributed by atoms with Crippen molar-refractivity contribution in [1.82, 2.24) is 14.2 Å². The third-order valence-electron chi connectivity index (χ3n) is 5.15. The topological polar surface area (TPSA) is 71.4 Å². The zero-order chi connectivity index (χ0) is 18.9. The summed E-state index contributed by atoms with van der Waals surface area (Å²) in [6, 6.07) is 8.23. The van der Waals surface area contributed by atoms with Gasteiger partial charge in [0.25, 0.3) is 5.91 Å². The number of aromatic nitrogens is 1. The molecule has 142 valence electrons. The second-order valence-electron chi connectivity index (χ2n) is 7.25. The molecule has 1 aliphatic rings. The SMILES string of the molecule is Cc1ccc2c(c1)cc(C(=O)N1CCCC[C@@H]1CCNS(C)(=O)=O)n2C. The second kappa shape index (κ2) is 7.40. The van der Waals surface area contributed by atoms with Crippen LogP contribution in [0, 0.1) is 6.92 Å². The van der Waals surface area contributed by atoms with E-state index in [-0.39, 0.29) is 11.9 Å². The molecule has 2 aromatic rings. The highest BCUT2D eigenvalue weighted by Gasteiger charge is 2.29. The fourth-order valence-electron chi connectivity index (χ4n) is 3.80. The molecule has 1 aromatic heterocycles. The van der Waals surface area contributed by atoms with E-state index in [1.54, 1.807) is 0 Å². The molecule has 1 aromatic carbocycles. The standard InChI is InChI=1S/C19H27N3O3S/c1-14-7-8-17-15(12-14)13-18(21(17)2)19(23)22-11-5-4-6-16(22)9-10-20-26(3,24)25/h7-8,12-13,16,20H,4-6,9-11H2,1-3H3/t16-/m1/s1. The van der Waals surface area contributed by atoms with E-state index in [2.05, 4.69) is 16.9 Å². The Bertz CT molecular complexity index is 917. The lowest BCUT2D eigenvalue weighted by molar-refractivity contribution is 0.0594. The van der Waals surface area contributed by atoms with E-state index < -0.39 is 10.0 Å². The number of carbonyl (C=O) groups excluding carboxylic acids is 1. The van der Waals surface area contributed by atoms with Crippen molar-refractivity contribution < 1.29 is 13.2 Å². The molecule has 1 N–H and O–H groups in total. The van der Waals surface area contributed by atoms with Crippen molar-refractivity contribution in [3.8, 4) is 0 Å². The van der Waals surface area contributed by atoms with Gasteiger partial charge in [0.2, 0.25) is 10.0 Å². The van der Waals surface area contributed by atoms with Gasteiger partial charge in [0.1, 0.15) is 5.69 Å². The van der Waals surface area contributed by atoms with Crippen LogP contribution in [-0.4, -0.2) is 49.2 Å². The van der Waals surface area contributed by atoms with Crippen LogP contribution in [0.4, 0.5) is 0 Å². The molecule has 1 fully saturated rings. The monoisotopic (exact) mass is 377 g/mol. The quantitative estimate of drug-likeness (QED) is 0.870. The molecule has 2 heterocycles. The zero-order valence-corrected chi connectivity index (χ0v) is 16.5. The molecule has 26 heavy (non-hydrogen) atoms. The van der Waals surface area contributed by atoms with E-state index in [1.165, 1.54) is 5.56 Å². The van der Waals surface area contributed by atoms with Crippen molar-refractivity contribution in [1.29, 1.82) is 0 Å². The van der Waals surface area contributed by atoms with Gasteiger partial charge < -0.3 is 9.47 Å². The van der Waals surface area contributed by atoms with Crippen LogP contribution < -0.4 is 4.72 Å². The molecule has 1 atom stereocenters. The van der Waals surface area contributed by atoms with Gasteiger partial charge in [-0.15, -0.1) is 0 Å². The molecule has 3 rings (SSSR count). The number of likely N-dealkylation sites (tertiary alicyclic amines) is 1. The highest BCUT2D eigenvalue weighted by Crippen LogP contribution is 2.25. The average Bonchev–Trinajstić information content (AvgIpc) is 2.89. The van der Waals surface area contributed by atoms with Crippen molar-refractivity contribution >= 4 is 26.8 Å². The number of nitrogens with one attached hydrogen (secondary N) is 1. The Kier molecular flexibility index (Phi) is 5.39. The first kappa shape index (κ1) is 18.9. The van der Waals surface area contributed by atoms with Crippen LogP contribution in [0.25, 0.3) is 10.9 Å². The predicted molar refractivity (Wildman–Crippen MR) is 104 cm³/mol. The van der Waals surface area contributed by atoms with Gasteiger partial charge in [-0.2, -0.15) is 0 Å². The van der Waals surface area contributed by atoms with Gasteiger partial charge in [-0.1, -0.05) is 11.6 Å². The Balaban J connectivity index is 1.81. The first-order chi connectivity index (χ1) is 12.3. The minimum atomic E-state index is -3.20. The van der Waals surface area contributed by atoms with E-state index in [0.717, 1.165) is 43.0 Å². The van der Waals surface area contributed by atoms with Gasteiger partial charge in [0.15, 0.2) is 0 Å². The summed E-state index contributed by atoms with van der Waals surface area (Å²) >= 11 is 0. The van der Waals surface area contributed by atoms with E-state index in [9.17, 15) is 13.2 Å². The number of piperidine rings is 1. The van der Waals surface area contributed by atoms with Crippen LogP contribution in [0.2, 0.25) is 0 Å². The molecule has 6 nitrogen and oxygen atoms in total. The summed E-state index contributed by atoms with van der Waals surface area (Å²) < 4.78 is 27.1. The minimum Gasteiger partial charge on any atom is -0.340 e. The molecule has 1 amide bonds. The van der Waals surface area contributed by atoms with Crippen LogP contribution in [0.3, 0.4) is 0 Å². The van der Waals surface area contributed by atoms with Gasteiger partial charge in [-0.25, -0.2) is 13.1 Å². The summed E-state index contributed by atoms with van der Waals surface area (Å²) in [5, 5.41) is 1.07. The normalized spacial score (nSPS) is 18.4. The maximum absolute atomic E-state index is 13.2. The summed E-state index contributed by atoms with van der Waals surface area (Å²) in [4.78, 5) is 15.1. The molecule has 0 aliphatic carbocycles. The van der Waals surface area contributed by atoms with Crippen molar-refractivity contribution in [3.05, 3.63) is 35.5 Å². The molecule has 0 radical (unpaired) electrons. The first-order valence-corrected chi connectivity index (χ1v) is 11.0. The van der Waals surface area contributed by atoms with Crippen LogP contribution in [0.1, 0.15) is 41.7 Å². The summed E-state index contributed by atoms with van der Waals surface area (Å²) in [6.07, 6.45) is 4.78. The lowest BCUT2D eigenvalue weighted by Crippen LogP contribution is -2.45. The molecular formula is C19H27N3O3S. The third-order valence-corrected chi connectivity index (χ3v) is 5.88. The number of fused-ring (bicyclic) bond motifs is 1. The molecule has 0 spiro atoms. The third kappa shape index (κ3) is 4.10. The Labute approximate surface area is 155 Å². The Hall–Kier alpha value is -1.86. The zero-order valence-electron chi connectivity index (χ0n) is 15.7. The van der Waals surface area contributed by atoms with E-state index in [0.29, 0.717) is 18.7 Å². The Morgan fingerprint density at radius 3 is 2.77 bits per heavy atom. The van der Waals surface area contributed by atoms with Crippen LogP contribution in [-0.2, 0) is 17.1 Å².